The molecule has 0 saturated heterocycles. The van der Waals surface area contributed by atoms with Crippen molar-refractivity contribution in [2.45, 2.75) is 102 Å². The number of hydrogen-bond acceptors (Lipinski definition) is 4. The summed E-state index contributed by atoms with van der Waals surface area (Å²) >= 11 is 3.22. The minimum absolute atomic E-state index is 0.0329. The van der Waals surface area contributed by atoms with Gasteiger partial charge in [0.15, 0.2) is 0 Å². The molecule has 0 aliphatic heterocycles. The minimum atomic E-state index is -0.607. The zero-order valence-electron chi connectivity index (χ0n) is 16.2. The Hall–Kier alpha value is -0.580. The number of carbonyl (C=O) groups excluding carboxylic acids is 2. The highest BCUT2D eigenvalue weighted by Gasteiger charge is 2.21. The van der Waals surface area contributed by atoms with Crippen LogP contribution in [0.4, 0.5) is 0 Å². The lowest BCUT2D eigenvalue weighted by Crippen LogP contribution is -2.22. The standard InChI is InChI=1S/C20H37BrO4/c1-3-5-7-9-11-13-15-24-19(22)17-18(21)20(23)25-16-14-12-10-8-6-4-2/h18H,3-17H2,1-2H3. The molecule has 0 N–H and O–H groups in total. The summed E-state index contributed by atoms with van der Waals surface area (Å²) in [5.41, 5.74) is 0. The Kier molecular flexibility index (Phi) is 17.8. The summed E-state index contributed by atoms with van der Waals surface area (Å²) in [5, 5.41) is 0. The molecular weight excluding hydrogens is 384 g/mol. The van der Waals surface area contributed by atoms with Crippen molar-refractivity contribution < 1.29 is 19.1 Å². The van der Waals surface area contributed by atoms with Gasteiger partial charge in [-0.2, -0.15) is 0 Å². The number of ether oxygens (including phenoxy) is 2. The summed E-state index contributed by atoms with van der Waals surface area (Å²) in [5.74, 6) is -0.711. The highest BCUT2D eigenvalue weighted by Crippen LogP contribution is 2.11. The largest absolute Gasteiger partial charge is 0.466 e. The lowest BCUT2D eigenvalue weighted by molar-refractivity contribution is -0.149. The zero-order valence-corrected chi connectivity index (χ0v) is 17.8. The molecular formula is C20H37BrO4. The van der Waals surface area contributed by atoms with Gasteiger partial charge in [-0.25, -0.2) is 0 Å². The molecule has 0 spiro atoms. The molecule has 5 heteroatoms. The molecule has 0 bridgehead atoms. The third-order valence-corrected chi connectivity index (χ3v) is 4.80. The molecule has 0 rings (SSSR count). The molecule has 4 nitrogen and oxygen atoms in total. The van der Waals surface area contributed by atoms with Crippen LogP contribution in [0.5, 0.6) is 0 Å². The Balaban J connectivity index is 3.56. The van der Waals surface area contributed by atoms with Crippen molar-refractivity contribution in [1.82, 2.24) is 0 Å². The molecule has 0 radical (unpaired) electrons. The molecule has 1 atom stereocenters. The summed E-state index contributed by atoms with van der Waals surface area (Å²) in [6, 6.07) is 0. The van der Waals surface area contributed by atoms with Gasteiger partial charge in [-0.05, 0) is 12.8 Å². The lowest BCUT2D eigenvalue weighted by Gasteiger charge is -2.10. The molecule has 0 aromatic heterocycles. The monoisotopic (exact) mass is 420 g/mol. The zero-order chi connectivity index (χ0) is 18.8. The third kappa shape index (κ3) is 16.6. The van der Waals surface area contributed by atoms with E-state index in [1.807, 2.05) is 0 Å². The number of unbranched alkanes of at least 4 members (excludes halogenated alkanes) is 10. The highest BCUT2D eigenvalue weighted by atomic mass is 79.9. The first-order valence-electron chi connectivity index (χ1n) is 10.1. The molecule has 25 heavy (non-hydrogen) atoms. The van der Waals surface area contributed by atoms with Crippen LogP contribution in [0.2, 0.25) is 0 Å². The maximum absolute atomic E-state index is 11.8. The van der Waals surface area contributed by atoms with Gasteiger partial charge in [-0.15, -0.1) is 0 Å². The average Bonchev–Trinajstić information content (AvgIpc) is 2.59. The van der Waals surface area contributed by atoms with Crippen molar-refractivity contribution in [2.24, 2.45) is 0 Å². The van der Waals surface area contributed by atoms with Gasteiger partial charge in [0.05, 0.1) is 19.6 Å². The SMILES string of the molecule is CCCCCCCCOC(=O)CC(Br)C(=O)OCCCCCCCC. The van der Waals surface area contributed by atoms with Crippen molar-refractivity contribution in [2.75, 3.05) is 13.2 Å². The van der Waals surface area contributed by atoms with Crippen LogP contribution in [-0.2, 0) is 19.1 Å². The highest BCUT2D eigenvalue weighted by molar-refractivity contribution is 9.10. The van der Waals surface area contributed by atoms with Gasteiger partial charge in [0, 0.05) is 0 Å². The molecule has 0 fully saturated rings. The van der Waals surface area contributed by atoms with Crippen molar-refractivity contribution in [1.29, 1.82) is 0 Å². The van der Waals surface area contributed by atoms with E-state index in [0.29, 0.717) is 13.2 Å². The maximum Gasteiger partial charge on any atom is 0.320 e. The Labute approximate surface area is 162 Å². The van der Waals surface area contributed by atoms with Crippen LogP contribution in [0.1, 0.15) is 97.3 Å². The van der Waals surface area contributed by atoms with E-state index in [-0.39, 0.29) is 18.4 Å². The first kappa shape index (κ1) is 24.4. The normalized spacial score (nSPS) is 12.0. The van der Waals surface area contributed by atoms with E-state index in [2.05, 4.69) is 29.8 Å². The van der Waals surface area contributed by atoms with Gasteiger partial charge in [0.1, 0.15) is 4.83 Å². The average molecular weight is 421 g/mol. The molecule has 0 aromatic rings. The predicted molar refractivity (Wildman–Crippen MR) is 106 cm³/mol. The molecule has 0 amide bonds. The number of hydrogen-bond donors (Lipinski definition) is 0. The van der Waals surface area contributed by atoms with Crippen LogP contribution in [0, 0.1) is 0 Å². The van der Waals surface area contributed by atoms with E-state index in [1.54, 1.807) is 0 Å². The molecule has 148 valence electrons. The number of carbonyl (C=O) groups is 2. The second-order valence-electron chi connectivity index (χ2n) is 6.60. The van der Waals surface area contributed by atoms with Crippen molar-refractivity contribution in [3.63, 3.8) is 0 Å². The summed E-state index contributed by atoms with van der Waals surface area (Å²) in [7, 11) is 0. The van der Waals surface area contributed by atoms with Crippen LogP contribution in [0.3, 0.4) is 0 Å². The van der Waals surface area contributed by atoms with E-state index in [0.717, 1.165) is 25.7 Å². The molecule has 1 unspecified atom stereocenters. The Morgan fingerprint density at radius 2 is 1.16 bits per heavy atom. The van der Waals surface area contributed by atoms with E-state index in [4.69, 9.17) is 9.47 Å². The number of alkyl halides is 1. The third-order valence-electron chi connectivity index (χ3n) is 4.10. The van der Waals surface area contributed by atoms with Gasteiger partial charge in [0.2, 0.25) is 0 Å². The van der Waals surface area contributed by atoms with Crippen molar-refractivity contribution in [3.8, 4) is 0 Å². The van der Waals surface area contributed by atoms with E-state index < -0.39 is 4.83 Å². The first-order valence-corrected chi connectivity index (χ1v) is 11.0. The fraction of sp³-hybridized carbons (Fsp3) is 0.900. The van der Waals surface area contributed by atoms with Gasteiger partial charge in [0.25, 0.3) is 0 Å². The number of esters is 2. The van der Waals surface area contributed by atoms with E-state index >= 15 is 0 Å². The molecule has 0 heterocycles. The summed E-state index contributed by atoms with van der Waals surface area (Å²) in [6.07, 6.45) is 13.9. The lowest BCUT2D eigenvalue weighted by atomic mass is 10.1. The fourth-order valence-corrected chi connectivity index (χ4v) is 2.90. The second kappa shape index (κ2) is 18.2. The topological polar surface area (TPSA) is 52.6 Å². The first-order chi connectivity index (χ1) is 12.1. The van der Waals surface area contributed by atoms with Gasteiger partial charge in [-0.3, -0.25) is 9.59 Å². The maximum atomic E-state index is 11.8. The number of rotatable bonds is 17. The molecule has 0 aliphatic rings. The molecule has 0 aliphatic carbocycles. The van der Waals surface area contributed by atoms with Gasteiger partial charge < -0.3 is 9.47 Å². The van der Waals surface area contributed by atoms with E-state index in [1.165, 1.54) is 51.4 Å². The molecule has 0 aromatic carbocycles. The summed E-state index contributed by atoms with van der Waals surface area (Å²) in [6.45, 7) is 5.25. The Morgan fingerprint density at radius 3 is 1.68 bits per heavy atom. The van der Waals surface area contributed by atoms with E-state index in [9.17, 15) is 9.59 Å². The second-order valence-corrected chi connectivity index (χ2v) is 7.70. The van der Waals surface area contributed by atoms with Gasteiger partial charge in [-0.1, -0.05) is 94.0 Å². The van der Waals surface area contributed by atoms with Gasteiger partial charge >= 0.3 is 11.9 Å². The van der Waals surface area contributed by atoms with Crippen LogP contribution in [0.15, 0.2) is 0 Å². The summed E-state index contributed by atoms with van der Waals surface area (Å²) in [4.78, 5) is 22.9. The van der Waals surface area contributed by atoms with Crippen LogP contribution < -0.4 is 0 Å². The predicted octanol–water partition coefficient (Wildman–Crippen LogP) is 5.95. The summed E-state index contributed by atoms with van der Waals surface area (Å²) < 4.78 is 10.4. The minimum Gasteiger partial charge on any atom is -0.466 e. The molecule has 0 saturated carbocycles. The Bertz CT molecular complexity index is 334. The van der Waals surface area contributed by atoms with Crippen molar-refractivity contribution >= 4 is 27.9 Å². The van der Waals surface area contributed by atoms with Crippen molar-refractivity contribution in [3.05, 3.63) is 0 Å². The quantitative estimate of drug-likeness (QED) is 0.166. The fourth-order valence-electron chi connectivity index (χ4n) is 2.50. The Morgan fingerprint density at radius 1 is 0.720 bits per heavy atom. The van der Waals surface area contributed by atoms with Crippen LogP contribution in [0.25, 0.3) is 0 Å². The smallest absolute Gasteiger partial charge is 0.320 e. The van der Waals surface area contributed by atoms with Crippen LogP contribution >= 0.6 is 15.9 Å². The number of halogens is 1. The van der Waals surface area contributed by atoms with Crippen LogP contribution in [-0.4, -0.2) is 30.0 Å².